The Morgan fingerprint density at radius 3 is 2.14 bits per heavy atom. The molecule has 0 aromatic heterocycles. The van der Waals surface area contributed by atoms with Crippen molar-refractivity contribution >= 4 is 6.08 Å². The van der Waals surface area contributed by atoms with Crippen molar-refractivity contribution < 1.29 is 0 Å². The molecule has 0 fully saturated rings. The molecule has 1 aliphatic rings. The average Bonchev–Trinajstić information content (AvgIpc) is 3.17. The van der Waals surface area contributed by atoms with E-state index in [0.717, 1.165) is 6.42 Å². The van der Waals surface area contributed by atoms with E-state index in [-0.39, 0.29) is 5.41 Å². The van der Waals surface area contributed by atoms with Gasteiger partial charge in [0, 0.05) is 0 Å². The predicted octanol–water partition coefficient (Wildman–Crippen LogP) is 8.30. The molecule has 0 spiro atoms. The van der Waals surface area contributed by atoms with Crippen LogP contribution in [0.5, 0.6) is 0 Å². The van der Waals surface area contributed by atoms with Crippen LogP contribution in [-0.4, -0.2) is 0 Å². The van der Waals surface area contributed by atoms with Crippen molar-refractivity contribution in [3.8, 4) is 22.3 Å². The lowest BCUT2D eigenvalue weighted by atomic mass is 9.78. The maximum atomic E-state index is 2.50. The van der Waals surface area contributed by atoms with E-state index in [1.165, 1.54) is 45.4 Å². The van der Waals surface area contributed by atoms with E-state index in [1.807, 2.05) is 0 Å². The summed E-state index contributed by atoms with van der Waals surface area (Å²) in [5.74, 6) is 0.637. The highest BCUT2D eigenvalue weighted by Gasteiger charge is 2.27. The number of benzene rings is 3. The molecule has 1 atom stereocenters. The number of hydrogen-bond acceptors (Lipinski definition) is 0. The third-order valence-corrected chi connectivity index (χ3v) is 6.39. The topological polar surface area (TPSA) is 0 Å². The Morgan fingerprint density at radius 1 is 0.828 bits per heavy atom. The first-order valence-corrected chi connectivity index (χ1v) is 10.9. The van der Waals surface area contributed by atoms with Crippen LogP contribution < -0.4 is 0 Å². The van der Waals surface area contributed by atoms with Gasteiger partial charge in [0.15, 0.2) is 0 Å². The molecule has 0 bridgehead atoms. The quantitative estimate of drug-likeness (QED) is 0.427. The van der Waals surface area contributed by atoms with Gasteiger partial charge in [-0.1, -0.05) is 113 Å². The lowest BCUT2D eigenvalue weighted by molar-refractivity contribution is 0.591. The normalized spacial score (nSPS) is 14.4. The zero-order chi connectivity index (χ0) is 20.6. The van der Waals surface area contributed by atoms with Gasteiger partial charge in [-0.25, -0.2) is 0 Å². The minimum absolute atomic E-state index is 0.0845. The molecule has 0 amide bonds. The summed E-state index contributed by atoms with van der Waals surface area (Å²) < 4.78 is 0. The maximum absolute atomic E-state index is 2.50. The predicted molar refractivity (Wildman–Crippen MR) is 127 cm³/mol. The molecule has 4 rings (SSSR count). The standard InChI is InChI=1S/C29H32/c1-6-20(2)23-18-22-16-17-27(29(3,4)5)28(26(22)19-23)25-15-11-10-14-24(25)21-12-8-7-9-13-21/h7-17,19-20H,6,18H2,1-5H3. The second-order valence-electron chi connectivity index (χ2n) is 9.43. The van der Waals surface area contributed by atoms with E-state index in [4.69, 9.17) is 0 Å². The summed E-state index contributed by atoms with van der Waals surface area (Å²) in [5, 5.41) is 0. The molecule has 0 radical (unpaired) electrons. The Hall–Kier alpha value is -2.60. The van der Waals surface area contributed by atoms with Crippen LogP contribution in [0.3, 0.4) is 0 Å². The summed E-state index contributed by atoms with van der Waals surface area (Å²) in [6.45, 7) is 11.6. The van der Waals surface area contributed by atoms with Gasteiger partial charge >= 0.3 is 0 Å². The van der Waals surface area contributed by atoms with Crippen LogP contribution in [0.25, 0.3) is 28.3 Å². The molecule has 0 N–H and O–H groups in total. The lowest BCUT2D eigenvalue weighted by Gasteiger charge is -2.26. The summed E-state index contributed by atoms with van der Waals surface area (Å²) in [6, 6.07) is 24.5. The Morgan fingerprint density at radius 2 is 1.48 bits per heavy atom. The summed E-state index contributed by atoms with van der Waals surface area (Å²) in [4.78, 5) is 0. The van der Waals surface area contributed by atoms with Crippen LogP contribution in [0.1, 0.15) is 57.7 Å². The first kappa shape index (κ1) is 19.7. The van der Waals surface area contributed by atoms with E-state index in [1.54, 1.807) is 5.57 Å². The molecule has 1 aliphatic carbocycles. The molecule has 0 heteroatoms. The van der Waals surface area contributed by atoms with Crippen molar-refractivity contribution in [3.63, 3.8) is 0 Å². The van der Waals surface area contributed by atoms with Crippen molar-refractivity contribution in [3.05, 3.63) is 89.0 Å². The van der Waals surface area contributed by atoms with Crippen molar-refractivity contribution in [2.75, 3.05) is 0 Å². The Kier molecular flexibility index (Phi) is 5.21. The SMILES string of the molecule is CCC(C)C1=Cc2c(ccc(C(C)(C)C)c2-c2ccccc2-c2ccccc2)C1. The molecular formula is C29H32. The van der Waals surface area contributed by atoms with Crippen LogP contribution in [0, 0.1) is 5.92 Å². The molecule has 0 aliphatic heterocycles. The fourth-order valence-electron chi connectivity index (χ4n) is 4.50. The van der Waals surface area contributed by atoms with Gasteiger partial charge in [-0.05, 0) is 63.1 Å². The van der Waals surface area contributed by atoms with Gasteiger partial charge in [0.2, 0.25) is 0 Å². The summed E-state index contributed by atoms with van der Waals surface area (Å²) in [5.41, 5.74) is 11.4. The largest absolute Gasteiger partial charge is 0.0648 e. The van der Waals surface area contributed by atoms with E-state index < -0.39 is 0 Å². The monoisotopic (exact) mass is 380 g/mol. The molecule has 0 heterocycles. The van der Waals surface area contributed by atoms with Crippen LogP contribution in [-0.2, 0) is 11.8 Å². The molecule has 0 saturated carbocycles. The van der Waals surface area contributed by atoms with Gasteiger partial charge in [-0.2, -0.15) is 0 Å². The number of hydrogen-bond donors (Lipinski definition) is 0. The van der Waals surface area contributed by atoms with Gasteiger partial charge in [0.1, 0.15) is 0 Å². The molecule has 3 aromatic carbocycles. The first-order valence-electron chi connectivity index (χ1n) is 10.9. The fourth-order valence-corrected chi connectivity index (χ4v) is 4.50. The zero-order valence-electron chi connectivity index (χ0n) is 18.4. The molecule has 0 nitrogen and oxygen atoms in total. The van der Waals surface area contributed by atoms with Crippen molar-refractivity contribution in [1.82, 2.24) is 0 Å². The highest BCUT2D eigenvalue weighted by molar-refractivity contribution is 5.91. The van der Waals surface area contributed by atoms with Crippen LogP contribution >= 0.6 is 0 Å². The van der Waals surface area contributed by atoms with Crippen molar-refractivity contribution in [1.29, 1.82) is 0 Å². The highest BCUT2D eigenvalue weighted by atomic mass is 14.3. The number of fused-ring (bicyclic) bond motifs is 1. The Balaban J connectivity index is 2.01. The van der Waals surface area contributed by atoms with Crippen molar-refractivity contribution in [2.45, 2.75) is 52.9 Å². The summed E-state index contributed by atoms with van der Waals surface area (Å²) in [7, 11) is 0. The van der Waals surface area contributed by atoms with Crippen LogP contribution in [0.15, 0.2) is 72.3 Å². The third-order valence-electron chi connectivity index (χ3n) is 6.39. The first-order chi connectivity index (χ1) is 13.9. The molecular weight excluding hydrogens is 348 g/mol. The van der Waals surface area contributed by atoms with Gasteiger partial charge < -0.3 is 0 Å². The van der Waals surface area contributed by atoms with Gasteiger partial charge in [-0.3, -0.25) is 0 Å². The third kappa shape index (κ3) is 3.69. The Bertz CT molecular complexity index is 1050. The van der Waals surface area contributed by atoms with Gasteiger partial charge in [-0.15, -0.1) is 0 Å². The second-order valence-corrected chi connectivity index (χ2v) is 9.43. The molecule has 1 unspecified atom stereocenters. The lowest BCUT2D eigenvalue weighted by Crippen LogP contribution is -2.14. The molecule has 148 valence electrons. The van der Waals surface area contributed by atoms with Crippen LogP contribution in [0.2, 0.25) is 0 Å². The highest BCUT2D eigenvalue weighted by Crippen LogP contribution is 2.45. The molecule has 0 saturated heterocycles. The summed E-state index contributed by atoms with van der Waals surface area (Å²) in [6.07, 6.45) is 4.78. The minimum atomic E-state index is 0.0845. The smallest absolute Gasteiger partial charge is 0.00549 e. The number of rotatable bonds is 4. The van der Waals surface area contributed by atoms with E-state index in [0.29, 0.717) is 5.92 Å². The van der Waals surface area contributed by atoms with Crippen LogP contribution in [0.4, 0.5) is 0 Å². The Labute approximate surface area is 176 Å². The zero-order valence-corrected chi connectivity index (χ0v) is 18.4. The van der Waals surface area contributed by atoms with E-state index in [2.05, 4.69) is 107 Å². The molecule has 3 aromatic rings. The van der Waals surface area contributed by atoms with Gasteiger partial charge in [0.05, 0.1) is 0 Å². The number of allylic oxidation sites excluding steroid dienone is 1. The minimum Gasteiger partial charge on any atom is -0.0648 e. The molecule has 29 heavy (non-hydrogen) atoms. The van der Waals surface area contributed by atoms with E-state index in [9.17, 15) is 0 Å². The average molecular weight is 381 g/mol. The maximum Gasteiger partial charge on any atom is -0.00549 e. The van der Waals surface area contributed by atoms with Gasteiger partial charge in [0.25, 0.3) is 0 Å². The second kappa shape index (κ2) is 7.67. The fraction of sp³-hybridized carbons (Fsp3) is 0.310. The summed E-state index contributed by atoms with van der Waals surface area (Å²) >= 11 is 0. The van der Waals surface area contributed by atoms with E-state index >= 15 is 0 Å². The van der Waals surface area contributed by atoms with Crippen molar-refractivity contribution in [2.24, 2.45) is 5.92 Å².